The van der Waals surface area contributed by atoms with E-state index in [9.17, 15) is 19.2 Å². The number of urea groups is 1. The normalized spacial score (nSPS) is 12.7. The first-order valence-corrected chi connectivity index (χ1v) is 12.6. The molecule has 0 radical (unpaired) electrons. The Balaban J connectivity index is 1.63. The summed E-state index contributed by atoms with van der Waals surface area (Å²) in [7, 11) is 0. The summed E-state index contributed by atoms with van der Waals surface area (Å²) < 4.78 is 11.0. The molecule has 39 heavy (non-hydrogen) atoms. The number of imide groups is 1. The fourth-order valence-electron chi connectivity index (χ4n) is 4.05. The molecule has 8 nitrogen and oxygen atoms in total. The lowest BCUT2D eigenvalue weighted by atomic mass is 9.97. The zero-order chi connectivity index (χ0) is 28.5. The smallest absolute Gasteiger partial charge is 0.322 e. The van der Waals surface area contributed by atoms with Gasteiger partial charge in [0.2, 0.25) is 0 Å². The molecule has 3 aromatic rings. The first-order valence-electron chi connectivity index (χ1n) is 12.6. The van der Waals surface area contributed by atoms with Crippen molar-refractivity contribution in [2.45, 2.75) is 47.6 Å². The van der Waals surface area contributed by atoms with Crippen LogP contribution in [-0.2, 0) is 9.59 Å². The molecule has 1 aliphatic rings. The molecule has 0 unspecified atom stereocenters. The van der Waals surface area contributed by atoms with Crippen molar-refractivity contribution in [3.63, 3.8) is 0 Å². The third-order valence-corrected chi connectivity index (χ3v) is 6.18. The van der Waals surface area contributed by atoms with Gasteiger partial charge in [-0.25, -0.2) is 4.79 Å². The van der Waals surface area contributed by atoms with Crippen LogP contribution >= 0.6 is 0 Å². The molecule has 0 aliphatic heterocycles. The highest BCUT2D eigenvalue weighted by molar-refractivity contribution is 6.08. The Morgan fingerprint density at radius 1 is 0.641 bits per heavy atom. The maximum atomic E-state index is 13.5. The van der Waals surface area contributed by atoms with Gasteiger partial charge in [0, 0.05) is 0 Å². The number of esters is 2. The van der Waals surface area contributed by atoms with Gasteiger partial charge < -0.3 is 14.8 Å². The second-order valence-corrected chi connectivity index (χ2v) is 11.4. The van der Waals surface area contributed by atoms with E-state index in [2.05, 4.69) is 10.6 Å². The number of rotatable bonds is 4. The standard InChI is InChI=1S/C31H32N2O6/c1-30(2,3)27(35)38-22-16-11-17-23(39-28(36)31(4,5)6)24(22)26(34)33-29(37)32-25-20-14-9-7-12-18(20)19-13-8-10-15-21(19)25/h7-17,25H,1-6H3,(H2,32,33,34,37). The average Bonchev–Trinajstić information content (AvgIpc) is 3.16. The van der Waals surface area contributed by atoms with E-state index in [4.69, 9.17) is 9.47 Å². The molecule has 0 atom stereocenters. The first-order chi connectivity index (χ1) is 18.3. The van der Waals surface area contributed by atoms with Crippen molar-refractivity contribution in [2.75, 3.05) is 0 Å². The zero-order valence-corrected chi connectivity index (χ0v) is 22.9. The average molecular weight is 529 g/mol. The van der Waals surface area contributed by atoms with Crippen LogP contribution in [-0.4, -0.2) is 23.9 Å². The Morgan fingerprint density at radius 2 is 1.08 bits per heavy atom. The molecule has 0 bridgehead atoms. The number of amides is 3. The quantitative estimate of drug-likeness (QED) is 0.327. The van der Waals surface area contributed by atoms with Gasteiger partial charge in [0.25, 0.3) is 5.91 Å². The minimum Gasteiger partial charge on any atom is -0.425 e. The molecular formula is C31H32N2O6. The van der Waals surface area contributed by atoms with Crippen molar-refractivity contribution in [2.24, 2.45) is 10.8 Å². The summed E-state index contributed by atoms with van der Waals surface area (Å²) in [5.41, 5.74) is 1.83. The summed E-state index contributed by atoms with van der Waals surface area (Å²) in [5, 5.41) is 5.19. The second-order valence-electron chi connectivity index (χ2n) is 11.4. The summed E-state index contributed by atoms with van der Waals surface area (Å²) >= 11 is 0. The number of nitrogens with one attached hydrogen (secondary N) is 2. The lowest BCUT2D eigenvalue weighted by Gasteiger charge is -2.21. The molecule has 3 amide bonds. The highest BCUT2D eigenvalue weighted by Crippen LogP contribution is 2.43. The molecule has 1 aliphatic carbocycles. The fourth-order valence-corrected chi connectivity index (χ4v) is 4.05. The molecule has 0 fully saturated rings. The molecule has 0 spiro atoms. The molecule has 0 saturated heterocycles. The number of carbonyl (C=O) groups is 4. The van der Waals surface area contributed by atoms with Gasteiger partial charge in [-0.3, -0.25) is 19.7 Å². The number of fused-ring (bicyclic) bond motifs is 3. The van der Waals surface area contributed by atoms with Crippen LogP contribution in [0.1, 0.15) is 69.1 Å². The summed E-state index contributed by atoms with van der Waals surface area (Å²) in [4.78, 5) is 51.9. The Kier molecular flexibility index (Phi) is 7.33. The van der Waals surface area contributed by atoms with E-state index in [0.717, 1.165) is 22.3 Å². The van der Waals surface area contributed by atoms with Gasteiger partial charge in [-0.2, -0.15) is 0 Å². The van der Waals surface area contributed by atoms with Crippen LogP contribution < -0.4 is 20.1 Å². The van der Waals surface area contributed by atoms with Crippen molar-refractivity contribution in [1.29, 1.82) is 0 Å². The van der Waals surface area contributed by atoms with Crippen molar-refractivity contribution >= 4 is 23.9 Å². The largest absolute Gasteiger partial charge is 0.425 e. The fraction of sp³-hybridized carbons (Fsp3) is 0.290. The van der Waals surface area contributed by atoms with Gasteiger partial charge in [-0.05, 0) is 75.9 Å². The zero-order valence-electron chi connectivity index (χ0n) is 22.9. The minimum absolute atomic E-state index is 0.129. The van der Waals surface area contributed by atoms with Crippen LogP contribution in [0.5, 0.6) is 11.5 Å². The van der Waals surface area contributed by atoms with Crippen LogP contribution in [0.4, 0.5) is 4.79 Å². The molecule has 4 rings (SSSR count). The molecule has 202 valence electrons. The molecule has 0 heterocycles. The van der Waals surface area contributed by atoms with Gasteiger partial charge in [0.15, 0.2) is 0 Å². The Hall–Kier alpha value is -4.46. The van der Waals surface area contributed by atoms with Crippen molar-refractivity contribution < 1.29 is 28.7 Å². The van der Waals surface area contributed by atoms with E-state index in [1.165, 1.54) is 18.2 Å². The van der Waals surface area contributed by atoms with Crippen LogP contribution in [0.25, 0.3) is 11.1 Å². The molecule has 0 aromatic heterocycles. The number of carbonyl (C=O) groups excluding carboxylic acids is 4. The van der Waals surface area contributed by atoms with Crippen LogP contribution in [0.15, 0.2) is 66.7 Å². The predicted molar refractivity (Wildman–Crippen MR) is 146 cm³/mol. The summed E-state index contributed by atoms with van der Waals surface area (Å²) in [5.74, 6) is -2.34. The second kappa shape index (κ2) is 10.4. The number of hydrogen-bond acceptors (Lipinski definition) is 6. The molecular weight excluding hydrogens is 496 g/mol. The van der Waals surface area contributed by atoms with E-state index in [1.54, 1.807) is 41.5 Å². The summed E-state index contributed by atoms with van der Waals surface area (Å²) in [6.07, 6.45) is 0. The maximum Gasteiger partial charge on any atom is 0.322 e. The van der Waals surface area contributed by atoms with Gasteiger partial charge in [-0.1, -0.05) is 54.6 Å². The van der Waals surface area contributed by atoms with Crippen LogP contribution in [0, 0.1) is 10.8 Å². The van der Waals surface area contributed by atoms with Gasteiger partial charge in [0.05, 0.1) is 16.9 Å². The molecule has 8 heteroatoms. The first kappa shape index (κ1) is 27.6. The minimum atomic E-state index is -0.888. The topological polar surface area (TPSA) is 111 Å². The van der Waals surface area contributed by atoms with E-state index in [1.807, 2.05) is 48.5 Å². The Bertz CT molecular complexity index is 1370. The lowest BCUT2D eigenvalue weighted by Crippen LogP contribution is -2.41. The highest BCUT2D eigenvalue weighted by atomic mass is 16.5. The number of hydrogen-bond donors (Lipinski definition) is 2. The molecule has 0 saturated carbocycles. The highest BCUT2D eigenvalue weighted by Gasteiger charge is 2.33. The van der Waals surface area contributed by atoms with Crippen LogP contribution in [0.3, 0.4) is 0 Å². The van der Waals surface area contributed by atoms with E-state index in [-0.39, 0.29) is 17.1 Å². The molecule has 3 aromatic carbocycles. The number of ether oxygens (including phenoxy) is 2. The predicted octanol–water partition coefficient (Wildman–Crippen LogP) is 5.80. The van der Waals surface area contributed by atoms with Gasteiger partial charge in [-0.15, -0.1) is 0 Å². The third-order valence-electron chi connectivity index (χ3n) is 6.18. The van der Waals surface area contributed by atoms with E-state index < -0.39 is 40.7 Å². The van der Waals surface area contributed by atoms with Crippen molar-refractivity contribution in [1.82, 2.24) is 10.6 Å². The van der Waals surface area contributed by atoms with E-state index in [0.29, 0.717) is 0 Å². The molecule has 2 N–H and O–H groups in total. The van der Waals surface area contributed by atoms with Crippen molar-refractivity contribution in [3.8, 4) is 22.6 Å². The summed E-state index contributed by atoms with van der Waals surface area (Å²) in [6, 6.07) is 18.5. The lowest BCUT2D eigenvalue weighted by molar-refractivity contribution is -0.143. The Labute approximate surface area is 227 Å². The number of benzene rings is 3. The summed E-state index contributed by atoms with van der Waals surface area (Å²) in [6.45, 7) is 10.0. The SMILES string of the molecule is CC(C)(C)C(=O)Oc1cccc(OC(=O)C(C)(C)C)c1C(=O)NC(=O)NC1c2ccccc2-c2ccccc21. The van der Waals surface area contributed by atoms with Gasteiger partial charge in [0.1, 0.15) is 17.1 Å². The monoisotopic (exact) mass is 528 g/mol. The van der Waals surface area contributed by atoms with Gasteiger partial charge >= 0.3 is 18.0 Å². The Morgan fingerprint density at radius 3 is 1.51 bits per heavy atom. The van der Waals surface area contributed by atoms with E-state index >= 15 is 0 Å². The van der Waals surface area contributed by atoms with Crippen LogP contribution in [0.2, 0.25) is 0 Å². The van der Waals surface area contributed by atoms with Crippen molar-refractivity contribution in [3.05, 3.63) is 83.4 Å². The third kappa shape index (κ3) is 5.85. The maximum absolute atomic E-state index is 13.5.